The van der Waals surface area contributed by atoms with Crippen molar-refractivity contribution in [3.8, 4) is 17.2 Å². The summed E-state index contributed by atoms with van der Waals surface area (Å²) >= 11 is 0. The lowest BCUT2D eigenvalue weighted by Gasteiger charge is -2.14. The number of benzene rings is 3. The Morgan fingerprint density at radius 2 is 1.38 bits per heavy atom. The molecule has 0 fully saturated rings. The van der Waals surface area contributed by atoms with Crippen LogP contribution in [0.5, 0.6) is 17.2 Å². The summed E-state index contributed by atoms with van der Waals surface area (Å²) in [5.74, 6) is 1.49. The number of hydrogen-bond acceptors (Lipinski definition) is 4. The van der Waals surface area contributed by atoms with E-state index in [1.54, 1.807) is 55.6 Å². The van der Waals surface area contributed by atoms with Crippen LogP contribution in [0, 0.1) is 13.8 Å². The van der Waals surface area contributed by atoms with Gasteiger partial charge in [-0.05, 0) is 73.2 Å². The zero-order chi connectivity index (χ0) is 20.9. The predicted molar refractivity (Wildman–Crippen MR) is 114 cm³/mol. The molecule has 0 amide bonds. The molecule has 1 N–H and O–H groups in total. The smallest absolute Gasteiger partial charge is 0.496 e. The molecule has 3 aromatic rings. The molecule has 0 aliphatic heterocycles. The van der Waals surface area contributed by atoms with Crippen LogP contribution in [-0.4, -0.2) is 12.0 Å². The fraction of sp³-hybridized carbons (Fsp3) is 0.217. The zero-order valence-electron chi connectivity index (χ0n) is 16.8. The Kier molecular flexibility index (Phi) is 6.63. The Balaban J connectivity index is 1.66. The molecule has 152 valence electrons. The number of para-hydroxylation sites is 1. The number of phosphoric acid groups is 1. The molecular formula is C23H25O5P. The number of hydrogen-bond donors (Lipinski definition) is 1. The minimum Gasteiger partial charge on any atom is -0.496 e. The van der Waals surface area contributed by atoms with Crippen LogP contribution in [0.15, 0.2) is 66.7 Å². The van der Waals surface area contributed by atoms with Crippen molar-refractivity contribution in [3.05, 3.63) is 89.0 Å². The van der Waals surface area contributed by atoms with E-state index in [2.05, 4.69) is 12.1 Å². The summed E-state index contributed by atoms with van der Waals surface area (Å²) in [6, 6.07) is 19.9. The van der Waals surface area contributed by atoms with Crippen molar-refractivity contribution in [2.75, 3.05) is 7.11 Å². The maximum Gasteiger partial charge on any atom is 0.584 e. The van der Waals surface area contributed by atoms with Crippen LogP contribution < -0.4 is 13.8 Å². The molecule has 3 rings (SSSR count). The first-order chi connectivity index (χ1) is 13.9. The zero-order valence-corrected chi connectivity index (χ0v) is 17.7. The highest BCUT2D eigenvalue weighted by Gasteiger charge is 2.25. The van der Waals surface area contributed by atoms with Crippen molar-refractivity contribution < 1.29 is 23.2 Å². The van der Waals surface area contributed by atoms with Gasteiger partial charge in [-0.15, -0.1) is 0 Å². The van der Waals surface area contributed by atoms with Gasteiger partial charge in [-0.2, -0.15) is 0 Å². The van der Waals surface area contributed by atoms with Crippen molar-refractivity contribution in [2.24, 2.45) is 0 Å². The summed E-state index contributed by atoms with van der Waals surface area (Å²) in [7, 11) is -2.59. The maximum atomic E-state index is 12.3. The predicted octanol–water partition coefficient (Wildman–Crippen LogP) is 5.66. The van der Waals surface area contributed by atoms with Crippen molar-refractivity contribution in [3.63, 3.8) is 0 Å². The summed E-state index contributed by atoms with van der Waals surface area (Å²) in [6.07, 6.45) is 1.62. The lowest BCUT2D eigenvalue weighted by molar-refractivity contribution is 0.291. The van der Waals surface area contributed by atoms with Crippen molar-refractivity contribution in [2.45, 2.75) is 26.7 Å². The minimum absolute atomic E-state index is 0.278. The van der Waals surface area contributed by atoms with E-state index in [0.717, 1.165) is 35.3 Å². The molecule has 1 unspecified atom stereocenters. The van der Waals surface area contributed by atoms with Gasteiger partial charge < -0.3 is 13.8 Å². The van der Waals surface area contributed by atoms with E-state index in [1.807, 2.05) is 19.9 Å². The Bertz CT molecular complexity index is 994. The SMILES string of the molecule is COc1c(C)cc(CCc2cccc(OP(=O)(O)Oc3ccccc3)c2)cc1C. The highest BCUT2D eigenvalue weighted by atomic mass is 31.2. The molecule has 0 bridgehead atoms. The number of phosphoric ester groups is 1. The van der Waals surface area contributed by atoms with Crippen LogP contribution in [0.4, 0.5) is 0 Å². The van der Waals surface area contributed by atoms with Crippen LogP contribution in [0.25, 0.3) is 0 Å². The molecule has 0 aromatic heterocycles. The van der Waals surface area contributed by atoms with Crippen molar-refractivity contribution in [1.29, 1.82) is 0 Å². The molecular weight excluding hydrogens is 387 g/mol. The second-order valence-corrected chi connectivity index (χ2v) is 8.18. The highest BCUT2D eigenvalue weighted by molar-refractivity contribution is 7.48. The summed E-state index contributed by atoms with van der Waals surface area (Å²) in [5.41, 5.74) is 4.44. The molecule has 0 radical (unpaired) electrons. The van der Waals surface area contributed by atoms with E-state index in [0.29, 0.717) is 5.75 Å². The van der Waals surface area contributed by atoms with E-state index in [4.69, 9.17) is 13.8 Å². The van der Waals surface area contributed by atoms with Gasteiger partial charge in [0.1, 0.15) is 17.2 Å². The van der Waals surface area contributed by atoms with Gasteiger partial charge in [0.15, 0.2) is 0 Å². The van der Waals surface area contributed by atoms with Crippen LogP contribution in [0.1, 0.15) is 22.3 Å². The second kappa shape index (κ2) is 9.17. The van der Waals surface area contributed by atoms with Gasteiger partial charge in [0.25, 0.3) is 0 Å². The Morgan fingerprint density at radius 1 is 0.793 bits per heavy atom. The van der Waals surface area contributed by atoms with E-state index >= 15 is 0 Å². The van der Waals surface area contributed by atoms with E-state index in [-0.39, 0.29) is 5.75 Å². The van der Waals surface area contributed by atoms with Crippen molar-refractivity contribution >= 4 is 7.82 Å². The first-order valence-electron chi connectivity index (χ1n) is 9.36. The molecule has 0 heterocycles. The molecule has 3 aromatic carbocycles. The summed E-state index contributed by atoms with van der Waals surface area (Å²) in [6.45, 7) is 4.07. The van der Waals surface area contributed by atoms with Gasteiger partial charge in [-0.3, -0.25) is 4.89 Å². The van der Waals surface area contributed by atoms with Crippen LogP contribution in [0.3, 0.4) is 0 Å². The molecule has 0 aliphatic carbocycles. The van der Waals surface area contributed by atoms with Gasteiger partial charge in [0.05, 0.1) is 7.11 Å². The Morgan fingerprint density at radius 3 is 2.03 bits per heavy atom. The third-order valence-electron chi connectivity index (χ3n) is 4.51. The summed E-state index contributed by atoms with van der Waals surface area (Å²) in [5, 5.41) is 0. The number of methoxy groups -OCH3 is 1. The van der Waals surface area contributed by atoms with E-state index in [9.17, 15) is 9.46 Å². The largest absolute Gasteiger partial charge is 0.584 e. The first kappa shape index (κ1) is 21.0. The Labute approximate surface area is 171 Å². The molecule has 0 saturated heterocycles. The topological polar surface area (TPSA) is 65.0 Å². The van der Waals surface area contributed by atoms with Gasteiger partial charge in [-0.25, -0.2) is 4.57 Å². The third kappa shape index (κ3) is 5.86. The summed E-state index contributed by atoms with van der Waals surface area (Å²) in [4.78, 5) is 10.0. The van der Waals surface area contributed by atoms with Crippen LogP contribution in [-0.2, 0) is 17.4 Å². The molecule has 1 atom stereocenters. The van der Waals surface area contributed by atoms with Crippen molar-refractivity contribution in [1.82, 2.24) is 0 Å². The van der Waals surface area contributed by atoms with Crippen LogP contribution >= 0.6 is 7.82 Å². The highest BCUT2D eigenvalue weighted by Crippen LogP contribution is 2.44. The van der Waals surface area contributed by atoms with E-state index in [1.165, 1.54) is 5.56 Å². The Hall–Kier alpha value is -2.75. The number of ether oxygens (including phenoxy) is 1. The lowest BCUT2D eigenvalue weighted by Crippen LogP contribution is -2.00. The first-order valence-corrected chi connectivity index (χ1v) is 10.9. The van der Waals surface area contributed by atoms with E-state index < -0.39 is 7.82 Å². The average Bonchev–Trinajstić information content (AvgIpc) is 2.66. The normalized spacial score (nSPS) is 12.8. The standard InChI is InChI=1S/C23H25O5P/c1-17-14-20(15-18(2)23(17)26-3)13-12-19-8-7-11-22(16-19)28-29(24,25)27-21-9-5-4-6-10-21/h4-11,14-16H,12-13H2,1-3H3,(H,24,25). The lowest BCUT2D eigenvalue weighted by atomic mass is 10.00. The van der Waals surface area contributed by atoms with Gasteiger partial charge in [-0.1, -0.05) is 42.5 Å². The number of rotatable bonds is 8. The van der Waals surface area contributed by atoms with Gasteiger partial charge in [0, 0.05) is 0 Å². The minimum atomic E-state index is -4.27. The maximum absolute atomic E-state index is 12.3. The average molecular weight is 412 g/mol. The number of aryl methyl sites for hydroxylation is 4. The second-order valence-electron chi connectivity index (χ2n) is 6.87. The molecule has 29 heavy (non-hydrogen) atoms. The van der Waals surface area contributed by atoms with Gasteiger partial charge in [0.2, 0.25) is 0 Å². The fourth-order valence-electron chi connectivity index (χ4n) is 3.32. The van der Waals surface area contributed by atoms with Crippen LogP contribution in [0.2, 0.25) is 0 Å². The fourth-order valence-corrected chi connectivity index (χ4v) is 4.12. The molecule has 6 heteroatoms. The quantitative estimate of drug-likeness (QED) is 0.484. The molecule has 0 saturated carbocycles. The molecule has 5 nitrogen and oxygen atoms in total. The monoisotopic (exact) mass is 412 g/mol. The third-order valence-corrected chi connectivity index (χ3v) is 5.39. The summed E-state index contributed by atoms with van der Waals surface area (Å²) < 4.78 is 28.0. The van der Waals surface area contributed by atoms with Gasteiger partial charge >= 0.3 is 7.82 Å². The molecule has 0 aliphatic rings. The molecule has 0 spiro atoms.